The van der Waals surface area contributed by atoms with Crippen molar-refractivity contribution < 1.29 is 14.4 Å². The van der Waals surface area contributed by atoms with Gasteiger partial charge in [-0.05, 0) is 31.2 Å². The van der Waals surface area contributed by atoms with Gasteiger partial charge in [0.15, 0.2) is 5.82 Å². The molecule has 0 aliphatic heterocycles. The van der Waals surface area contributed by atoms with Crippen LogP contribution in [0.2, 0.25) is 0 Å². The molecule has 0 fully saturated rings. The van der Waals surface area contributed by atoms with E-state index in [9.17, 15) is 4.79 Å². The fourth-order valence-corrected chi connectivity index (χ4v) is 1.28. The van der Waals surface area contributed by atoms with Crippen molar-refractivity contribution in [2.75, 3.05) is 0 Å². The first-order chi connectivity index (χ1) is 8.15. The van der Waals surface area contributed by atoms with Gasteiger partial charge in [0.25, 0.3) is 5.91 Å². The maximum absolute atomic E-state index is 11.7. The molecule has 0 spiro atoms. The van der Waals surface area contributed by atoms with Crippen molar-refractivity contribution in [3.05, 3.63) is 41.5 Å². The summed E-state index contributed by atoms with van der Waals surface area (Å²) in [5.74, 6) is 0.739. The molecule has 0 atom stereocenters. The van der Waals surface area contributed by atoms with Gasteiger partial charge in [0.1, 0.15) is 5.75 Å². The summed E-state index contributed by atoms with van der Waals surface area (Å²) < 4.78 is 4.85. The van der Waals surface area contributed by atoms with Crippen molar-refractivity contribution in [2.45, 2.75) is 13.5 Å². The number of hydrogen-bond acceptors (Lipinski definition) is 5. The Kier molecular flexibility index (Phi) is 3.04. The Morgan fingerprint density at radius 2 is 2.12 bits per heavy atom. The zero-order valence-electron chi connectivity index (χ0n) is 9.17. The Morgan fingerprint density at radius 1 is 1.41 bits per heavy atom. The SMILES string of the molecule is Cc1noc(CNC(=O)c2ccc(O)cc2)n1. The number of amides is 1. The summed E-state index contributed by atoms with van der Waals surface area (Å²) in [6.45, 7) is 1.88. The van der Waals surface area contributed by atoms with Crippen LogP contribution in [-0.2, 0) is 6.54 Å². The summed E-state index contributed by atoms with van der Waals surface area (Å²) in [7, 11) is 0. The zero-order valence-corrected chi connectivity index (χ0v) is 9.17. The number of phenolic OH excluding ortho intramolecular Hbond substituents is 1. The third-order valence-electron chi connectivity index (χ3n) is 2.10. The molecule has 2 rings (SSSR count). The van der Waals surface area contributed by atoms with E-state index in [0.717, 1.165) is 0 Å². The van der Waals surface area contributed by atoms with Gasteiger partial charge < -0.3 is 14.9 Å². The van der Waals surface area contributed by atoms with E-state index < -0.39 is 0 Å². The molecule has 0 unspecified atom stereocenters. The minimum Gasteiger partial charge on any atom is -0.508 e. The molecule has 0 saturated carbocycles. The first kappa shape index (κ1) is 11.1. The minimum absolute atomic E-state index is 0.120. The van der Waals surface area contributed by atoms with E-state index in [2.05, 4.69) is 15.5 Å². The van der Waals surface area contributed by atoms with Gasteiger partial charge in [-0.25, -0.2) is 0 Å². The maximum Gasteiger partial charge on any atom is 0.251 e. The Balaban J connectivity index is 1.95. The summed E-state index contributed by atoms with van der Waals surface area (Å²) in [6.07, 6.45) is 0. The first-order valence-electron chi connectivity index (χ1n) is 5.01. The number of carbonyl (C=O) groups excluding carboxylic acids is 1. The van der Waals surface area contributed by atoms with E-state index in [1.807, 2.05) is 0 Å². The van der Waals surface area contributed by atoms with E-state index >= 15 is 0 Å². The summed E-state index contributed by atoms with van der Waals surface area (Å²) in [4.78, 5) is 15.6. The van der Waals surface area contributed by atoms with E-state index in [1.165, 1.54) is 24.3 Å². The molecule has 88 valence electrons. The molecule has 6 heteroatoms. The van der Waals surface area contributed by atoms with Crippen LogP contribution in [0.5, 0.6) is 5.75 Å². The van der Waals surface area contributed by atoms with Gasteiger partial charge in [-0.15, -0.1) is 0 Å². The van der Waals surface area contributed by atoms with E-state index in [0.29, 0.717) is 17.3 Å². The average molecular weight is 233 g/mol. The third-order valence-corrected chi connectivity index (χ3v) is 2.10. The van der Waals surface area contributed by atoms with Gasteiger partial charge in [0.2, 0.25) is 5.89 Å². The highest BCUT2D eigenvalue weighted by atomic mass is 16.5. The molecule has 0 radical (unpaired) electrons. The van der Waals surface area contributed by atoms with Crippen LogP contribution in [0, 0.1) is 6.92 Å². The molecular formula is C11H11N3O3. The predicted octanol–water partition coefficient (Wildman–Crippen LogP) is 1.01. The molecule has 0 aliphatic rings. The molecule has 2 aromatic rings. The van der Waals surface area contributed by atoms with Crippen LogP contribution in [0.3, 0.4) is 0 Å². The van der Waals surface area contributed by atoms with Crippen LogP contribution < -0.4 is 5.32 Å². The van der Waals surface area contributed by atoms with Crippen LogP contribution >= 0.6 is 0 Å². The Hall–Kier alpha value is -2.37. The summed E-state index contributed by atoms with van der Waals surface area (Å²) in [6, 6.07) is 5.96. The number of aromatic nitrogens is 2. The number of phenols is 1. The molecule has 1 aromatic carbocycles. The molecule has 6 nitrogen and oxygen atoms in total. The lowest BCUT2D eigenvalue weighted by Crippen LogP contribution is -2.22. The van der Waals surface area contributed by atoms with Crippen LogP contribution in [-0.4, -0.2) is 21.2 Å². The Labute approximate surface area is 97.3 Å². The standard InChI is InChI=1S/C11H11N3O3/c1-7-13-10(17-14-7)6-12-11(16)8-2-4-9(15)5-3-8/h2-5,15H,6H2,1H3,(H,12,16). The fraction of sp³-hybridized carbons (Fsp3) is 0.182. The number of nitrogens with one attached hydrogen (secondary N) is 1. The van der Waals surface area contributed by atoms with E-state index in [1.54, 1.807) is 6.92 Å². The van der Waals surface area contributed by atoms with E-state index in [4.69, 9.17) is 9.63 Å². The monoisotopic (exact) mass is 233 g/mol. The number of hydrogen-bond donors (Lipinski definition) is 2. The molecule has 1 heterocycles. The number of nitrogens with zero attached hydrogens (tertiary/aromatic N) is 2. The quantitative estimate of drug-likeness (QED) is 0.826. The topological polar surface area (TPSA) is 88.2 Å². The molecule has 17 heavy (non-hydrogen) atoms. The normalized spacial score (nSPS) is 10.2. The van der Waals surface area contributed by atoms with Crippen molar-refractivity contribution in [3.8, 4) is 5.75 Å². The fourth-order valence-electron chi connectivity index (χ4n) is 1.28. The highest BCUT2D eigenvalue weighted by molar-refractivity contribution is 5.94. The molecule has 0 aliphatic carbocycles. The Bertz CT molecular complexity index is 519. The van der Waals surface area contributed by atoms with Gasteiger partial charge in [0.05, 0.1) is 6.54 Å². The largest absolute Gasteiger partial charge is 0.508 e. The van der Waals surface area contributed by atoms with Crippen molar-refractivity contribution in [3.63, 3.8) is 0 Å². The van der Waals surface area contributed by atoms with Crippen LogP contribution in [0.25, 0.3) is 0 Å². The number of aromatic hydroxyl groups is 1. The first-order valence-corrected chi connectivity index (χ1v) is 5.01. The van der Waals surface area contributed by atoms with Crippen molar-refractivity contribution in [1.29, 1.82) is 0 Å². The molecule has 1 aromatic heterocycles. The number of carbonyl (C=O) groups is 1. The summed E-state index contributed by atoms with van der Waals surface area (Å²) in [5, 5.41) is 15.3. The molecule has 0 saturated heterocycles. The second kappa shape index (κ2) is 4.65. The van der Waals surface area contributed by atoms with Gasteiger partial charge in [-0.2, -0.15) is 4.98 Å². The molecule has 0 bridgehead atoms. The van der Waals surface area contributed by atoms with Gasteiger partial charge >= 0.3 is 0 Å². The predicted molar refractivity (Wildman–Crippen MR) is 58.3 cm³/mol. The highest BCUT2D eigenvalue weighted by Crippen LogP contribution is 2.09. The van der Waals surface area contributed by atoms with Crippen LogP contribution in [0.15, 0.2) is 28.8 Å². The average Bonchev–Trinajstić information content (AvgIpc) is 2.73. The minimum atomic E-state index is -0.263. The van der Waals surface area contributed by atoms with Crippen molar-refractivity contribution in [1.82, 2.24) is 15.5 Å². The number of aryl methyl sites for hydroxylation is 1. The second-order valence-electron chi connectivity index (χ2n) is 3.46. The molecular weight excluding hydrogens is 222 g/mol. The number of rotatable bonds is 3. The smallest absolute Gasteiger partial charge is 0.251 e. The lowest BCUT2D eigenvalue weighted by atomic mass is 10.2. The van der Waals surface area contributed by atoms with Gasteiger partial charge in [-0.1, -0.05) is 5.16 Å². The summed E-state index contributed by atoms with van der Waals surface area (Å²) in [5.41, 5.74) is 0.457. The lowest BCUT2D eigenvalue weighted by Gasteiger charge is -2.02. The zero-order chi connectivity index (χ0) is 12.3. The van der Waals surface area contributed by atoms with Crippen molar-refractivity contribution in [2.24, 2.45) is 0 Å². The molecule has 1 amide bonds. The second-order valence-corrected chi connectivity index (χ2v) is 3.46. The number of benzene rings is 1. The van der Waals surface area contributed by atoms with Crippen molar-refractivity contribution >= 4 is 5.91 Å². The van der Waals surface area contributed by atoms with E-state index in [-0.39, 0.29) is 18.2 Å². The van der Waals surface area contributed by atoms with Crippen LogP contribution in [0.1, 0.15) is 22.1 Å². The lowest BCUT2D eigenvalue weighted by molar-refractivity contribution is 0.0946. The van der Waals surface area contributed by atoms with Gasteiger partial charge in [0, 0.05) is 5.56 Å². The van der Waals surface area contributed by atoms with Crippen LogP contribution in [0.4, 0.5) is 0 Å². The highest BCUT2D eigenvalue weighted by Gasteiger charge is 2.07. The maximum atomic E-state index is 11.7. The molecule has 2 N–H and O–H groups in total. The Morgan fingerprint density at radius 3 is 2.71 bits per heavy atom. The third kappa shape index (κ3) is 2.81. The summed E-state index contributed by atoms with van der Waals surface area (Å²) >= 11 is 0. The van der Waals surface area contributed by atoms with Gasteiger partial charge in [-0.3, -0.25) is 4.79 Å².